The zero-order chi connectivity index (χ0) is 14.0. The molecule has 1 amide bonds. The second-order valence-corrected chi connectivity index (χ2v) is 6.37. The molecular weight excluding hydrogens is 280 g/mol. The van der Waals surface area contributed by atoms with Crippen molar-refractivity contribution in [3.63, 3.8) is 0 Å². The van der Waals surface area contributed by atoms with Gasteiger partial charge in [0, 0.05) is 21.9 Å². The summed E-state index contributed by atoms with van der Waals surface area (Å²) in [5, 5.41) is 6.62. The lowest BCUT2D eigenvalue weighted by Gasteiger charge is -2.12. The Hall–Kier alpha value is -0.710. The third-order valence-electron chi connectivity index (χ3n) is 3.44. The Morgan fingerprint density at radius 3 is 2.89 bits per heavy atom. The van der Waals surface area contributed by atoms with Crippen molar-refractivity contribution in [2.24, 2.45) is 5.92 Å². The van der Waals surface area contributed by atoms with Crippen LogP contribution >= 0.6 is 23.4 Å². The lowest BCUT2D eigenvalue weighted by Crippen LogP contribution is -2.23. The van der Waals surface area contributed by atoms with Crippen molar-refractivity contribution in [3.05, 3.63) is 22.7 Å². The molecule has 104 valence electrons. The first-order valence-corrected chi connectivity index (χ1v) is 7.87. The molecule has 1 aliphatic heterocycles. The number of thioether (sulfide) groups is 1. The van der Waals surface area contributed by atoms with Crippen molar-refractivity contribution in [3.8, 4) is 0 Å². The van der Waals surface area contributed by atoms with Gasteiger partial charge in [0.25, 0.3) is 0 Å². The van der Waals surface area contributed by atoms with E-state index in [1.165, 1.54) is 0 Å². The Morgan fingerprint density at radius 1 is 1.53 bits per heavy atom. The highest BCUT2D eigenvalue weighted by molar-refractivity contribution is 7.99. The molecule has 0 spiro atoms. The topological polar surface area (TPSA) is 41.1 Å². The summed E-state index contributed by atoms with van der Waals surface area (Å²) in [6.45, 7) is 4.42. The number of likely N-dealkylation sites (N-methyl/N-ethyl adjacent to an activating group) is 1. The van der Waals surface area contributed by atoms with Gasteiger partial charge in [-0.3, -0.25) is 4.79 Å². The first-order chi connectivity index (χ1) is 9.06. The Balaban J connectivity index is 2.21. The first kappa shape index (κ1) is 14.7. The van der Waals surface area contributed by atoms with Crippen molar-refractivity contribution in [2.75, 3.05) is 18.1 Å². The van der Waals surface area contributed by atoms with Crippen LogP contribution in [0.4, 0.5) is 5.69 Å². The Kier molecular flexibility index (Phi) is 4.76. The van der Waals surface area contributed by atoms with Crippen LogP contribution in [-0.2, 0) is 4.79 Å². The number of nitrogens with one attached hydrogen (secondary N) is 2. The van der Waals surface area contributed by atoms with E-state index >= 15 is 0 Å². The molecule has 1 aliphatic rings. The van der Waals surface area contributed by atoms with Gasteiger partial charge >= 0.3 is 0 Å². The smallest absolute Gasteiger partial charge is 0.246 e. The molecule has 1 aromatic carbocycles. The van der Waals surface area contributed by atoms with E-state index < -0.39 is 0 Å². The maximum atomic E-state index is 11.8. The zero-order valence-electron chi connectivity index (χ0n) is 11.4. The molecule has 0 radical (unpaired) electrons. The molecule has 0 saturated heterocycles. The predicted molar refractivity (Wildman–Crippen MR) is 82.1 cm³/mol. The van der Waals surface area contributed by atoms with E-state index in [0.29, 0.717) is 5.92 Å². The molecule has 5 heteroatoms. The normalized spacial score (nSPS) is 19.2. The lowest BCUT2D eigenvalue weighted by atomic mass is 10.1. The summed E-state index contributed by atoms with van der Waals surface area (Å²) >= 11 is 8.07. The van der Waals surface area contributed by atoms with Crippen LogP contribution in [0.1, 0.15) is 31.9 Å². The van der Waals surface area contributed by atoms with E-state index in [4.69, 9.17) is 11.6 Å². The second kappa shape index (κ2) is 6.16. The molecular formula is C14H19ClN2OS. The number of benzene rings is 1. The van der Waals surface area contributed by atoms with Gasteiger partial charge in [0.15, 0.2) is 0 Å². The van der Waals surface area contributed by atoms with Crippen LogP contribution < -0.4 is 10.6 Å². The van der Waals surface area contributed by atoms with Crippen molar-refractivity contribution >= 4 is 35.0 Å². The van der Waals surface area contributed by atoms with Crippen LogP contribution in [0.25, 0.3) is 0 Å². The second-order valence-electron chi connectivity index (χ2n) is 4.91. The highest BCUT2D eigenvalue weighted by Gasteiger charge is 2.30. The van der Waals surface area contributed by atoms with Crippen LogP contribution in [0.5, 0.6) is 0 Å². The molecule has 1 heterocycles. The molecule has 1 aromatic rings. The minimum Gasteiger partial charge on any atom is -0.324 e. The quantitative estimate of drug-likeness (QED) is 0.815. The fraction of sp³-hybridized carbons (Fsp3) is 0.500. The van der Waals surface area contributed by atoms with Crippen LogP contribution in [0, 0.1) is 5.92 Å². The predicted octanol–water partition coefficient (Wildman–Crippen LogP) is 3.69. The summed E-state index contributed by atoms with van der Waals surface area (Å²) < 4.78 is 0. The molecule has 2 unspecified atom stereocenters. The van der Waals surface area contributed by atoms with Gasteiger partial charge in [-0.1, -0.05) is 31.9 Å². The van der Waals surface area contributed by atoms with E-state index in [1.54, 1.807) is 18.8 Å². The van der Waals surface area contributed by atoms with Crippen molar-refractivity contribution < 1.29 is 4.79 Å². The van der Waals surface area contributed by atoms with Crippen LogP contribution in [-0.4, -0.2) is 18.7 Å². The Morgan fingerprint density at radius 2 is 2.26 bits per heavy atom. The van der Waals surface area contributed by atoms with Crippen molar-refractivity contribution in [2.45, 2.75) is 31.2 Å². The van der Waals surface area contributed by atoms with E-state index in [-0.39, 0.29) is 11.9 Å². The fourth-order valence-electron chi connectivity index (χ4n) is 2.01. The Labute approximate surface area is 123 Å². The number of carbonyl (C=O) groups excluding carboxylic acids is 1. The van der Waals surface area contributed by atoms with Gasteiger partial charge < -0.3 is 10.6 Å². The lowest BCUT2D eigenvalue weighted by molar-refractivity contribution is -0.117. The van der Waals surface area contributed by atoms with Gasteiger partial charge in [-0.2, -0.15) is 0 Å². The zero-order valence-corrected chi connectivity index (χ0v) is 13.0. The molecule has 0 aliphatic carbocycles. The number of amides is 1. The highest BCUT2D eigenvalue weighted by Crippen LogP contribution is 2.39. The number of anilines is 1. The van der Waals surface area contributed by atoms with Crippen molar-refractivity contribution in [1.29, 1.82) is 0 Å². The SMILES string of the molecule is CCC(C)CSc1cc2c(cc1Cl)C(NC)C(=O)N2. The maximum Gasteiger partial charge on any atom is 0.246 e. The Bertz CT molecular complexity index is 493. The molecule has 0 saturated carbocycles. The standard InChI is InChI=1S/C14H19ClN2OS/c1-4-8(2)7-19-12-6-11-9(5-10(12)15)13(16-3)14(18)17-11/h5-6,8,13,16H,4,7H2,1-3H3,(H,17,18). The number of halogens is 1. The van der Waals surface area contributed by atoms with Crippen LogP contribution in [0.3, 0.4) is 0 Å². The molecule has 0 fully saturated rings. The molecule has 0 aromatic heterocycles. The summed E-state index contributed by atoms with van der Waals surface area (Å²) in [7, 11) is 1.78. The van der Waals surface area contributed by atoms with Gasteiger partial charge in [-0.25, -0.2) is 0 Å². The number of hydrogen-bond acceptors (Lipinski definition) is 3. The van der Waals surface area contributed by atoms with Gasteiger partial charge in [0.1, 0.15) is 6.04 Å². The van der Waals surface area contributed by atoms with Gasteiger partial charge in [0.2, 0.25) is 5.91 Å². The summed E-state index contributed by atoms with van der Waals surface area (Å²) in [6, 6.07) is 3.59. The first-order valence-electron chi connectivity index (χ1n) is 6.51. The molecule has 2 atom stereocenters. The van der Waals surface area contributed by atoms with E-state index in [0.717, 1.165) is 33.3 Å². The fourth-order valence-corrected chi connectivity index (χ4v) is 3.44. The number of carbonyl (C=O) groups is 1. The summed E-state index contributed by atoms with van der Waals surface area (Å²) in [4.78, 5) is 12.8. The summed E-state index contributed by atoms with van der Waals surface area (Å²) in [5.74, 6) is 1.69. The minimum atomic E-state index is -0.291. The summed E-state index contributed by atoms with van der Waals surface area (Å²) in [5.41, 5.74) is 1.81. The largest absolute Gasteiger partial charge is 0.324 e. The number of fused-ring (bicyclic) bond motifs is 1. The van der Waals surface area contributed by atoms with Crippen molar-refractivity contribution in [1.82, 2.24) is 5.32 Å². The molecule has 19 heavy (non-hydrogen) atoms. The average molecular weight is 299 g/mol. The average Bonchev–Trinajstić information content (AvgIpc) is 2.70. The summed E-state index contributed by atoms with van der Waals surface area (Å²) in [6.07, 6.45) is 1.16. The van der Waals surface area contributed by atoms with Crippen LogP contribution in [0.2, 0.25) is 5.02 Å². The van der Waals surface area contributed by atoms with Crippen LogP contribution in [0.15, 0.2) is 17.0 Å². The van der Waals surface area contributed by atoms with Gasteiger partial charge in [-0.05, 0) is 25.1 Å². The van der Waals surface area contributed by atoms with E-state index in [1.807, 2.05) is 12.1 Å². The third kappa shape index (κ3) is 3.07. The maximum absolute atomic E-state index is 11.8. The molecule has 2 N–H and O–H groups in total. The monoisotopic (exact) mass is 298 g/mol. The molecule has 0 bridgehead atoms. The molecule has 2 rings (SSSR count). The number of hydrogen-bond donors (Lipinski definition) is 2. The van der Waals surface area contributed by atoms with E-state index in [9.17, 15) is 4.79 Å². The third-order valence-corrected chi connectivity index (χ3v) is 5.25. The minimum absolute atomic E-state index is 0.0161. The van der Waals surface area contributed by atoms with E-state index in [2.05, 4.69) is 24.5 Å². The van der Waals surface area contributed by atoms with Gasteiger partial charge in [0.05, 0.1) is 5.02 Å². The number of rotatable bonds is 5. The molecule has 3 nitrogen and oxygen atoms in total. The highest BCUT2D eigenvalue weighted by atomic mass is 35.5. The van der Waals surface area contributed by atoms with Gasteiger partial charge in [-0.15, -0.1) is 11.8 Å².